The van der Waals surface area contributed by atoms with Crippen LogP contribution in [-0.4, -0.2) is 34.7 Å². The molecular formula is C17H17N7O. The van der Waals surface area contributed by atoms with Gasteiger partial charge in [0.25, 0.3) is 0 Å². The van der Waals surface area contributed by atoms with E-state index < -0.39 is 0 Å². The van der Waals surface area contributed by atoms with Crippen LogP contribution in [0.15, 0.2) is 47.5 Å². The third kappa shape index (κ3) is 3.32. The topological polar surface area (TPSA) is 87.5 Å². The summed E-state index contributed by atoms with van der Waals surface area (Å²) in [4.78, 5) is 8.33. The van der Waals surface area contributed by atoms with Crippen molar-refractivity contribution in [3.63, 3.8) is 0 Å². The van der Waals surface area contributed by atoms with Gasteiger partial charge in [-0.2, -0.15) is 15.2 Å². The molecule has 8 nitrogen and oxygen atoms in total. The molecule has 1 aromatic carbocycles. The van der Waals surface area contributed by atoms with Gasteiger partial charge in [0.1, 0.15) is 19.2 Å². The van der Waals surface area contributed by atoms with E-state index in [1.165, 1.54) is 6.33 Å². The number of hydrogen-bond acceptors (Lipinski definition) is 6. The van der Waals surface area contributed by atoms with Gasteiger partial charge in [0.2, 0.25) is 11.7 Å². The summed E-state index contributed by atoms with van der Waals surface area (Å²) < 4.78 is 8.93. The molecule has 126 valence electrons. The average Bonchev–Trinajstić information content (AvgIpc) is 3.32. The summed E-state index contributed by atoms with van der Waals surface area (Å²) in [6, 6.07) is 10.1. The first kappa shape index (κ1) is 15.3. The minimum Gasteiger partial charge on any atom is -0.337 e. The van der Waals surface area contributed by atoms with Crippen molar-refractivity contribution in [2.75, 3.05) is 0 Å². The van der Waals surface area contributed by atoms with Crippen LogP contribution < -0.4 is 0 Å². The molecule has 0 aliphatic heterocycles. The fraction of sp³-hybridized carbons (Fsp3) is 0.235. The summed E-state index contributed by atoms with van der Waals surface area (Å²) in [5.41, 5.74) is 4.20. The Morgan fingerprint density at radius 1 is 1.12 bits per heavy atom. The van der Waals surface area contributed by atoms with E-state index in [1.807, 2.05) is 23.7 Å². The first-order valence-corrected chi connectivity index (χ1v) is 7.93. The maximum atomic E-state index is 5.31. The fourth-order valence-corrected chi connectivity index (χ4v) is 2.71. The molecule has 0 radical (unpaired) electrons. The lowest BCUT2D eigenvalue weighted by molar-refractivity contribution is 0.366. The standard InChI is InChI=1S/C17H17N7O/c1-12-6-13(2)24(21-12)8-14-4-3-5-15(7-14)17-20-16(25-22-17)9-23-11-18-10-19-23/h3-7,10-11H,8-9H2,1-2H3. The average molecular weight is 335 g/mol. The number of hydrogen-bond donors (Lipinski definition) is 0. The molecule has 0 fully saturated rings. The van der Waals surface area contributed by atoms with Gasteiger partial charge in [-0.05, 0) is 31.5 Å². The first-order chi connectivity index (χ1) is 12.2. The van der Waals surface area contributed by atoms with Crippen molar-refractivity contribution in [3.05, 3.63) is 65.8 Å². The van der Waals surface area contributed by atoms with Gasteiger partial charge < -0.3 is 4.52 Å². The highest BCUT2D eigenvalue weighted by Crippen LogP contribution is 2.18. The zero-order valence-electron chi connectivity index (χ0n) is 14.0. The van der Waals surface area contributed by atoms with Gasteiger partial charge in [-0.15, -0.1) is 0 Å². The van der Waals surface area contributed by atoms with E-state index in [1.54, 1.807) is 11.0 Å². The van der Waals surface area contributed by atoms with Crippen molar-refractivity contribution in [1.82, 2.24) is 34.7 Å². The van der Waals surface area contributed by atoms with Crippen LogP contribution in [-0.2, 0) is 13.1 Å². The number of rotatable bonds is 5. The molecule has 0 saturated heterocycles. The van der Waals surface area contributed by atoms with Gasteiger partial charge in [0, 0.05) is 11.3 Å². The maximum Gasteiger partial charge on any atom is 0.248 e. The summed E-state index contributed by atoms with van der Waals surface area (Å²) in [6.07, 6.45) is 3.08. The van der Waals surface area contributed by atoms with Crippen molar-refractivity contribution in [3.8, 4) is 11.4 Å². The third-order valence-electron chi connectivity index (χ3n) is 3.85. The normalized spacial score (nSPS) is 11.1. The number of aryl methyl sites for hydroxylation is 2. The van der Waals surface area contributed by atoms with Gasteiger partial charge in [0.05, 0.1) is 12.2 Å². The second kappa shape index (κ2) is 6.31. The molecule has 0 aliphatic carbocycles. The summed E-state index contributed by atoms with van der Waals surface area (Å²) in [7, 11) is 0. The van der Waals surface area contributed by atoms with E-state index in [-0.39, 0.29) is 0 Å². The van der Waals surface area contributed by atoms with Crippen LogP contribution in [0.1, 0.15) is 22.8 Å². The molecule has 4 rings (SSSR count). The summed E-state index contributed by atoms with van der Waals surface area (Å²) in [6.45, 7) is 5.16. The van der Waals surface area contributed by atoms with Crippen LogP contribution in [0, 0.1) is 13.8 Å². The summed E-state index contributed by atoms with van der Waals surface area (Å²) in [5, 5.41) is 12.6. The zero-order chi connectivity index (χ0) is 17.2. The molecule has 0 saturated carbocycles. The van der Waals surface area contributed by atoms with Crippen LogP contribution in [0.2, 0.25) is 0 Å². The fourth-order valence-electron chi connectivity index (χ4n) is 2.71. The molecule has 8 heteroatoms. The number of nitrogens with zero attached hydrogens (tertiary/aromatic N) is 7. The predicted octanol–water partition coefficient (Wildman–Crippen LogP) is 2.24. The monoisotopic (exact) mass is 335 g/mol. The van der Waals surface area contributed by atoms with Crippen molar-refractivity contribution in [2.24, 2.45) is 0 Å². The Labute approximate surface area is 144 Å². The highest BCUT2D eigenvalue weighted by atomic mass is 16.5. The lowest BCUT2D eigenvalue weighted by atomic mass is 10.1. The predicted molar refractivity (Wildman–Crippen MR) is 89.7 cm³/mol. The third-order valence-corrected chi connectivity index (χ3v) is 3.85. The van der Waals surface area contributed by atoms with E-state index in [4.69, 9.17) is 4.52 Å². The Morgan fingerprint density at radius 2 is 2.04 bits per heavy atom. The Balaban J connectivity index is 1.55. The first-order valence-electron chi connectivity index (χ1n) is 7.93. The van der Waals surface area contributed by atoms with Gasteiger partial charge in [-0.3, -0.25) is 4.68 Å². The lowest BCUT2D eigenvalue weighted by Gasteiger charge is -2.05. The van der Waals surface area contributed by atoms with Crippen LogP contribution in [0.5, 0.6) is 0 Å². The molecule has 4 aromatic rings. The van der Waals surface area contributed by atoms with Gasteiger partial charge >= 0.3 is 0 Å². The maximum absolute atomic E-state index is 5.31. The minimum atomic E-state index is 0.401. The van der Waals surface area contributed by atoms with Gasteiger partial charge in [-0.25, -0.2) is 9.67 Å². The molecular weight excluding hydrogens is 318 g/mol. The Bertz CT molecular complexity index is 984. The minimum absolute atomic E-state index is 0.401. The molecule has 0 spiro atoms. The SMILES string of the molecule is Cc1cc(C)n(Cc2cccc(-c3noc(Cn4cncn4)n3)c2)n1. The second-order valence-electron chi connectivity index (χ2n) is 5.89. The van der Waals surface area contributed by atoms with Crippen molar-refractivity contribution in [2.45, 2.75) is 26.9 Å². The van der Waals surface area contributed by atoms with Crippen molar-refractivity contribution in [1.29, 1.82) is 0 Å². The second-order valence-corrected chi connectivity index (χ2v) is 5.89. The Morgan fingerprint density at radius 3 is 2.80 bits per heavy atom. The van der Waals surface area contributed by atoms with E-state index in [0.717, 1.165) is 22.5 Å². The molecule has 0 atom stereocenters. The lowest BCUT2D eigenvalue weighted by Crippen LogP contribution is -2.04. The number of benzene rings is 1. The van der Waals surface area contributed by atoms with Crippen LogP contribution >= 0.6 is 0 Å². The molecule has 25 heavy (non-hydrogen) atoms. The van der Waals surface area contributed by atoms with E-state index >= 15 is 0 Å². The molecule has 3 heterocycles. The summed E-state index contributed by atoms with van der Waals surface area (Å²) >= 11 is 0. The van der Waals surface area contributed by atoms with Crippen molar-refractivity contribution >= 4 is 0 Å². The largest absolute Gasteiger partial charge is 0.337 e. The van der Waals surface area contributed by atoms with Crippen molar-refractivity contribution < 1.29 is 4.52 Å². The van der Waals surface area contributed by atoms with E-state index in [0.29, 0.717) is 24.8 Å². The molecule has 0 amide bonds. The molecule has 0 bridgehead atoms. The van der Waals surface area contributed by atoms with E-state index in [2.05, 4.69) is 50.4 Å². The summed E-state index contributed by atoms with van der Waals surface area (Å²) in [5.74, 6) is 1.05. The van der Waals surface area contributed by atoms with Crippen LogP contribution in [0.3, 0.4) is 0 Å². The number of aromatic nitrogens is 7. The molecule has 0 aliphatic rings. The molecule has 0 unspecified atom stereocenters. The Hall–Kier alpha value is -3.29. The highest BCUT2D eigenvalue weighted by molar-refractivity contribution is 5.55. The molecule has 0 N–H and O–H groups in total. The smallest absolute Gasteiger partial charge is 0.248 e. The highest BCUT2D eigenvalue weighted by Gasteiger charge is 2.10. The van der Waals surface area contributed by atoms with E-state index in [9.17, 15) is 0 Å². The quantitative estimate of drug-likeness (QED) is 0.556. The van der Waals surface area contributed by atoms with Crippen LogP contribution in [0.25, 0.3) is 11.4 Å². The molecule has 3 aromatic heterocycles. The van der Waals surface area contributed by atoms with Crippen LogP contribution in [0.4, 0.5) is 0 Å². The Kier molecular flexibility index (Phi) is 3.85. The zero-order valence-corrected chi connectivity index (χ0v) is 14.0. The van der Waals surface area contributed by atoms with Gasteiger partial charge in [0.15, 0.2) is 0 Å². The van der Waals surface area contributed by atoms with Gasteiger partial charge in [-0.1, -0.05) is 23.4 Å².